The van der Waals surface area contributed by atoms with Crippen LogP contribution >= 0.6 is 0 Å². The van der Waals surface area contributed by atoms with Crippen molar-refractivity contribution in [3.05, 3.63) is 59.4 Å². The molecule has 0 aliphatic carbocycles. The first kappa shape index (κ1) is 17.4. The molecule has 6 nitrogen and oxygen atoms in total. The Hall–Kier alpha value is -2.99. The zero-order valence-electron chi connectivity index (χ0n) is 15.5. The number of hydrogen-bond acceptors (Lipinski definition) is 5. The van der Waals surface area contributed by atoms with E-state index in [-0.39, 0.29) is 5.91 Å². The molecule has 3 heterocycles. The Bertz CT molecular complexity index is 979. The summed E-state index contributed by atoms with van der Waals surface area (Å²) in [5, 5.41) is 3.83. The first-order valence-corrected chi connectivity index (χ1v) is 9.08. The lowest BCUT2D eigenvalue weighted by molar-refractivity contribution is 0.102. The molecular formula is C21H22N4O2. The molecule has 0 unspecified atom stereocenters. The number of hydrogen-bond donors (Lipinski definition) is 1. The van der Waals surface area contributed by atoms with E-state index in [1.54, 1.807) is 6.20 Å². The molecule has 0 bridgehead atoms. The number of amides is 1. The Labute approximate surface area is 158 Å². The summed E-state index contributed by atoms with van der Waals surface area (Å²) in [7, 11) is 0. The molecule has 0 saturated carbocycles. The Morgan fingerprint density at radius 1 is 1.11 bits per heavy atom. The highest BCUT2D eigenvalue weighted by Crippen LogP contribution is 2.20. The summed E-state index contributed by atoms with van der Waals surface area (Å²) in [6.07, 6.45) is 1.79. The average molecular weight is 362 g/mol. The predicted molar refractivity (Wildman–Crippen MR) is 106 cm³/mol. The average Bonchev–Trinajstić information content (AvgIpc) is 2.69. The van der Waals surface area contributed by atoms with Crippen molar-refractivity contribution in [3.8, 4) is 0 Å². The summed E-state index contributed by atoms with van der Waals surface area (Å²) in [6, 6.07) is 11.7. The van der Waals surface area contributed by atoms with Gasteiger partial charge in [-0.25, -0.2) is 4.98 Å². The first-order valence-electron chi connectivity index (χ1n) is 9.08. The lowest BCUT2D eigenvalue weighted by atomic mass is 10.1. The number of pyridine rings is 2. The van der Waals surface area contributed by atoms with Crippen molar-refractivity contribution in [3.63, 3.8) is 0 Å². The number of fused-ring (bicyclic) bond motifs is 1. The van der Waals surface area contributed by atoms with Crippen LogP contribution in [-0.2, 0) is 4.74 Å². The standard InChI is InChI=1S/C21H22N4O2/c1-14-3-5-19-16(11-14)12-18(15(2)23-19)21(26)24-20-6-4-17(13-22-20)25-7-9-27-10-8-25/h3-6,11-13H,7-10H2,1-2H3,(H,22,24,26). The maximum absolute atomic E-state index is 12.7. The number of aromatic nitrogens is 2. The van der Waals surface area contributed by atoms with Gasteiger partial charge in [-0.2, -0.15) is 0 Å². The van der Waals surface area contributed by atoms with E-state index in [2.05, 4.69) is 20.2 Å². The molecule has 1 aromatic carbocycles. The number of benzene rings is 1. The third-order valence-corrected chi connectivity index (χ3v) is 4.77. The van der Waals surface area contributed by atoms with E-state index in [0.717, 1.165) is 48.5 Å². The highest BCUT2D eigenvalue weighted by Gasteiger charge is 2.14. The van der Waals surface area contributed by atoms with Gasteiger partial charge in [0.1, 0.15) is 5.82 Å². The summed E-state index contributed by atoms with van der Waals surface area (Å²) < 4.78 is 5.37. The minimum atomic E-state index is -0.199. The van der Waals surface area contributed by atoms with Crippen LogP contribution in [0.3, 0.4) is 0 Å². The maximum Gasteiger partial charge on any atom is 0.258 e. The highest BCUT2D eigenvalue weighted by atomic mass is 16.5. The second-order valence-electron chi connectivity index (χ2n) is 6.77. The summed E-state index contributed by atoms with van der Waals surface area (Å²) in [4.78, 5) is 23.9. The Kier molecular flexibility index (Phi) is 4.73. The fourth-order valence-corrected chi connectivity index (χ4v) is 3.27. The van der Waals surface area contributed by atoms with Gasteiger partial charge in [0.05, 0.1) is 41.9 Å². The number of rotatable bonds is 3. The van der Waals surface area contributed by atoms with Crippen LogP contribution in [0.15, 0.2) is 42.6 Å². The van der Waals surface area contributed by atoms with E-state index in [1.165, 1.54) is 0 Å². The summed E-state index contributed by atoms with van der Waals surface area (Å²) >= 11 is 0. The predicted octanol–water partition coefficient (Wildman–Crippen LogP) is 3.34. The van der Waals surface area contributed by atoms with Crippen molar-refractivity contribution >= 4 is 28.3 Å². The Morgan fingerprint density at radius 3 is 2.67 bits per heavy atom. The van der Waals surface area contributed by atoms with Gasteiger partial charge in [-0.15, -0.1) is 0 Å². The fourth-order valence-electron chi connectivity index (χ4n) is 3.27. The normalized spacial score (nSPS) is 14.4. The lowest BCUT2D eigenvalue weighted by Gasteiger charge is -2.28. The molecule has 0 spiro atoms. The number of nitrogens with zero attached hydrogens (tertiary/aromatic N) is 3. The molecule has 27 heavy (non-hydrogen) atoms. The van der Waals surface area contributed by atoms with Crippen LogP contribution in [0.2, 0.25) is 0 Å². The third kappa shape index (κ3) is 3.75. The molecule has 4 rings (SSSR count). The maximum atomic E-state index is 12.7. The zero-order valence-corrected chi connectivity index (χ0v) is 15.5. The van der Waals surface area contributed by atoms with Crippen LogP contribution in [-0.4, -0.2) is 42.2 Å². The number of carbonyl (C=O) groups is 1. The Balaban J connectivity index is 1.53. The van der Waals surface area contributed by atoms with Crippen LogP contribution in [0, 0.1) is 13.8 Å². The number of nitrogens with one attached hydrogen (secondary N) is 1. The van der Waals surface area contributed by atoms with Gasteiger partial charge in [-0.1, -0.05) is 11.6 Å². The van der Waals surface area contributed by atoms with E-state index < -0.39 is 0 Å². The van der Waals surface area contributed by atoms with Gasteiger partial charge in [0.15, 0.2) is 0 Å². The molecule has 0 atom stereocenters. The fraction of sp³-hybridized carbons (Fsp3) is 0.286. The van der Waals surface area contributed by atoms with Gasteiger partial charge in [-0.3, -0.25) is 9.78 Å². The Morgan fingerprint density at radius 2 is 1.93 bits per heavy atom. The molecule has 0 radical (unpaired) electrons. The number of aryl methyl sites for hydroxylation is 2. The molecule has 2 aromatic heterocycles. The van der Waals surface area contributed by atoms with E-state index in [1.807, 2.05) is 50.2 Å². The van der Waals surface area contributed by atoms with Gasteiger partial charge in [-0.05, 0) is 44.2 Å². The van der Waals surface area contributed by atoms with E-state index in [4.69, 9.17) is 4.74 Å². The molecule has 1 saturated heterocycles. The van der Waals surface area contributed by atoms with Crippen molar-refractivity contribution in [2.45, 2.75) is 13.8 Å². The quantitative estimate of drug-likeness (QED) is 0.774. The molecule has 6 heteroatoms. The molecule has 1 amide bonds. The number of ether oxygens (including phenoxy) is 1. The lowest BCUT2D eigenvalue weighted by Crippen LogP contribution is -2.36. The molecule has 1 aliphatic rings. The van der Waals surface area contributed by atoms with Crippen LogP contribution in [0.25, 0.3) is 10.9 Å². The van der Waals surface area contributed by atoms with Gasteiger partial charge >= 0.3 is 0 Å². The summed E-state index contributed by atoms with van der Waals surface area (Å²) in [5.74, 6) is 0.329. The summed E-state index contributed by atoms with van der Waals surface area (Å²) in [6.45, 7) is 7.05. The topological polar surface area (TPSA) is 67.4 Å². The molecule has 3 aromatic rings. The molecule has 1 aliphatic heterocycles. The van der Waals surface area contributed by atoms with Gasteiger partial charge in [0.2, 0.25) is 0 Å². The van der Waals surface area contributed by atoms with E-state index in [0.29, 0.717) is 17.1 Å². The van der Waals surface area contributed by atoms with Crippen molar-refractivity contribution in [1.82, 2.24) is 9.97 Å². The second-order valence-corrected chi connectivity index (χ2v) is 6.77. The van der Waals surface area contributed by atoms with Crippen molar-refractivity contribution < 1.29 is 9.53 Å². The van der Waals surface area contributed by atoms with E-state index in [9.17, 15) is 4.79 Å². The van der Waals surface area contributed by atoms with E-state index >= 15 is 0 Å². The highest BCUT2D eigenvalue weighted by molar-refractivity contribution is 6.06. The first-order chi connectivity index (χ1) is 13.1. The zero-order chi connectivity index (χ0) is 18.8. The van der Waals surface area contributed by atoms with Crippen molar-refractivity contribution in [2.24, 2.45) is 0 Å². The number of morpholine rings is 1. The summed E-state index contributed by atoms with van der Waals surface area (Å²) in [5.41, 5.74) is 4.33. The van der Waals surface area contributed by atoms with Crippen molar-refractivity contribution in [1.29, 1.82) is 0 Å². The molecular weight excluding hydrogens is 340 g/mol. The number of anilines is 2. The minimum Gasteiger partial charge on any atom is -0.378 e. The minimum absolute atomic E-state index is 0.199. The largest absolute Gasteiger partial charge is 0.378 e. The smallest absolute Gasteiger partial charge is 0.258 e. The van der Waals surface area contributed by atoms with Crippen LogP contribution in [0.1, 0.15) is 21.6 Å². The van der Waals surface area contributed by atoms with Crippen LogP contribution in [0.4, 0.5) is 11.5 Å². The number of carbonyl (C=O) groups excluding carboxylic acids is 1. The van der Waals surface area contributed by atoms with Crippen molar-refractivity contribution in [2.75, 3.05) is 36.5 Å². The molecule has 138 valence electrons. The SMILES string of the molecule is Cc1ccc2nc(C)c(C(=O)Nc3ccc(N4CCOCC4)cn3)cc2c1. The third-order valence-electron chi connectivity index (χ3n) is 4.77. The van der Waals surface area contributed by atoms with Gasteiger partial charge in [0.25, 0.3) is 5.91 Å². The van der Waals surface area contributed by atoms with Crippen LogP contribution in [0.5, 0.6) is 0 Å². The van der Waals surface area contributed by atoms with Gasteiger partial charge in [0, 0.05) is 18.5 Å². The monoisotopic (exact) mass is 362 g/mol. The van der Waals surface area contributed by atoms with Crippen LogP contribution < -0.4 is 10.2 Å². The second kappa shape index (κ2) is 7.32. The van der Waals surface area contributed by atoms with Gasteiger partial charge < -0.3 is 15.0 Å². The molecule has 1 fully saturated rings. The molecule has 1 N–H and O–H groups in total.